The van der Waals surface area contributed by atoms with E-state index in [-0.39, 0.29) is 0 Å². The number of rotatable bonds is 4. The van der Waals surface area contributed by atoms with Crippen LogP contribution in [0, 0.1) is 13.8 Å². The van der Waals surface area contributed by atoms with Crippen molar-refractivity contribution in [3.05, 3.63) is 51.5 Å². The van der Waals surface area contributed by atoms with Gasteiger partial charge in [-0.3, -0.25) is 0 Å². The third-order valence-corrected chi connectivity index (χ3v) is 3.80. The molecule has 3 heteroatoms. The molecule has 1 aromatic carbocycles. The van der Waals surface area contributed by atoms with E-state index < -0.39 is 0 Å². The van der Waals surface area contributed by atoms with Crippen molar-refractivity contribution in [2.45, 2.75) is 33.4 Å². The van der Waals surface area contributed by atoms with Crippen LogP contribution in [0.25, 0.3) is 0 Å². The first kappa shape index (κ1) is 12.3. The summed E-state index contributed by atoms with van der Waals surface area (Å²) >= 11 is 1.76. The average Bonchev–Trinajstić information content (AvgIpc) is 2.73. The molecule has 0 spiro atoms. The Balaban J connectivity index is 1.98. The number of hydrogen-bond acceptors (Lipinski definition) is 3. The maximum atomic E-state index is 4.36. The van der Waals surface area contributed by atoms with Crippen molar-refractivity contribution >= 4 is 11.3 Å². The number of aromatic nitrogens is 1. The second-order valence-corrected chi connectivity index (χ2v) is 5.64. The van der Waals surface area contributed by atoms with Gasteiger partial charge in [-0.25, -0.2) is 4.98 Å². The lowest BCUT2D eigenvalue weighted by molar-refractivity contribution is 0.571. The molecule has 0 radical (unpaired) electrons. The average molecular weight is 246 g/mol. The zero-order valence-electron chi connectivity index (χ0n) is 10.5. The Hall–Kier alpha value is -1.19. The molecule has 17 heavy (non-hydrogen) atoms. The molecule has 0 aliphatic heterocycles. The van der Waals surface area contributed by atoms with Gasteiger partial charge in [-0.2, -0.15) is 0 Å². The smallest absolute Gasteiger partial charge is 0.107 e. The standard InChI is InChI=1S/C14H18N2S/c1-10-6-4-5-7-13(10)12(3)15-9-14-16-8-11(2)17-14/h4-8,12,15H,9H2,1-3H3. The van der Waals surface area contributed by atoms with E-state index in [1.807, 2.05) is 6.20 Å². The number of benzene rings is 1. The Labute approximate surface area is 107 Å². The van der Waals surface area contributed by atoms with Crippen molar-refractivity contribution in [3.63, 3.8) is 0 Å². The van der Waals surface area contributed by atoms with Crippen molar-refractivity contribution in [2.75, 3.05) is 0 Å². The minimum Gasteiger partial charge on any atom is -0.304 e. The number of nitrogens with zero attached hydrogens (tertiary/aromatic N) is 1. The molecule has 2 rings (SSSR count). The molecule has 0 saturated carbocycles. The number of nitrogens with one attached hydrogen (secondary N) is 1. The SMILES string of the molecule is Cc1cnc(CNC(C)c2ccccc2C)s1. The molecule has 1 N–H and O–H groups in total. The molecule has 2 nitrogen and oxygen atoms in total. The highest BCUT2D eigenvalue weighted by molar-refractivity contribution is 7.11. The van der Waals surface area contributed by atoms with Crippen LogP contribution >= 0.6 is 11.3 Å². The topological polar surface area (TPSA) is 24.9 Å². The van der Waals surface area contributed by atoms with Gasteiger partial charge < -0.3 is 5.32 Å². The second-order valence-electron chi connectivity index (χ2n) is 4.32. The fourth-order valence-electron chi connectivity index (χ4n) is 1.91. The summed E-state index contributed by atoms with van der Waals surface area (Å²) in [6.07, 6.45) is 1.93. The van der Waals surface area contributed by atoms with Crippen molar-refractivity contribution in [1.82, 2.24) is 10.3 Å². The summed E-state index contributed by atoms with van der Waals surface area (Å²) in [7, 11) is 0. The molecule has 2 aromatic rings. The molecule has 0 amide bonds. The van der Waals surface area contributed by atoms with Gasteiger partial charge >= 0.3 is 0 Å². The normalized spacial score (nSPS) is 12.6. The summed E-state index contributed by atoms with van der Waals surface area (Å²) in [6, 6.07) is 8.87. The fraction of sp³-hybridized carbons (Fsp3) is 0.357. The molecule has 0 aliphatic carbocycles. The van der Waals surface area contributed by atoms with Gasteiger partial charge in [0.05, 0.1) is 0 Å². The molecular weight excluding hydrogens is 228 g/mol. The summed E-state index contributed by atoms with van der Waals surface area (Å²) in [6.45, 7) is 7.28. The quantitative estimate of drug-likeness (QED) is 0.891. The molecule has 1 atom stereocenters. The lowest BCUT2D eigenvalue weighted by Gasteiger charge is -2.15. The maximum absolute atomic E-state index is 4.36. The van der Waals surface area contributed by atoms with E-state index in [1.54, 1.807) is 11.3 Å². The molecule has 90 valence electrons. The molecule has 1 aromatic heterocycles. The van der Waals surface area contributed by atoms with Crippen LogP contribution in [0.4, 0.5) is 0 Å². The monoisotopic (exact) mass is 246 g/mol. The van der Waals surface area contributed by atoms with Gasteiger partial charge in [-0.1, -0.05) is 24.3 Å². The predicted octanol–water partition coefficient (Wildman–Crippen LogP) is 3.61. The van der Waals surface area contributed by atoms with Gasteiger partial charge in [0.1, 0.15) is 5.01 Å². The highest BCUT2D eigenvalue weighted by Gasteiger charge is 2.08. The molecule has 0 aliphatic rings. The lowest BCUT2D eigenvalue weighted by Crippen LogP contribution is -2.18. The molecular formula is C14H18N2S. The van der Waals surface area contributed by atoms with E-state index >= 15 is 0 Å². The van der Waals surface area contributed by atoms with E-state index in [2.05, 4.69) is 55.3 Å². The van der Waals surface area contributed by atoms with E-state index in [9.17, 15) is 0 Å². The van der Waals surface area contributed by atoms with Crippen LogP contribution < -0.4 is 5.32 Å². The molecule has 1 unspecified atom stereocenters. The van der Waals surface area contributed by atoms with Crippen LogP contribution in [0.1, 0.15) is 34.0 Å². The van der Waals surface area contributed by atoms with Gasteiger partial charge in [0, 0.05) is 23.7 Å². The number of thiazole rings is 1. The summed E-state index contributed by atoms with van der Waals surface area (Å²) in [5.41, 5.74) is 2.70. The highest BCUT2D eigenvalue weighted by Crippen LogP contribution is 2.18. The fourth-order valence-corrected chi connectivity index (χ4v) is 2.64. The summed E-state index contributed by atoms with van der Waals surface area (Å²) in [5.74, 6) is 0. The van der Waals surface area contributed by atoms with Gasteiger partial charge in [0.15, 0.2) is 0 Å². The van der Waals surface area contributed by atoms with Crippen LogP contribution in [0.5, 0.6) is 0 Å². The Morgan fingerprint density at radius 1 is 1.29 bits per heavy atom. The van der Waals surface area contributed by atoms with E-state index in [4.69, 9.17) is 0 Å². The first-order valence-corrected chi connectivity index (χ1v) is 6.68. The molecule has 0 fully saturated rings. The first-order valence-electron chi connectivity index (χ1n) is 5.87. The summed E-state index contributed by atoms with van der Waals surface area (Å²) < 4.78 is 0. The van der Waals surface area contributed by atoms with Crippen LogP contribution in [0.3, 0.4) is 0 Å². The van der Waals surface area contributed by atoms with Crippen LogP contribution in [-0.2, 0) is 6.54 Å². The predicted molar refractivity (Wildman–Crippen MR) is 73.3 cm³/mol. The van der Waals surface area contributed by atoms with Crippen molar-refractivity contribution in [3.8, 4) is 0 Å². The van der Waals surface area contributed by atoms with Crippen molar-refractivity contribution in [1.29, 1.82) is 0 Å². The Bertz CT molecular complexity index is 490. The van der Waals surface area contributed by atoms with E-state index in [0.717, 1.165) is 11.6 Å². The van der Waals surface area contributed by atoms with Gasteiger partial charge in [-0.05, 0) is 31.9 Å². The zero-order chi connectivity index (χ0) is 12.3. The minimum atomic E-state index is 0.361. The van der Waals surface area contributed by atoms with Gasteiger partial charge in [0.25, 0.3) is 0 Å². The van der Waals surface area contributed by atoms with Gasteiger partial charge in [-0.15, -0.1) is 11.3 Å². The summed E-state index contributed by atoms with van der Waals surface area (Å²) in [5, 5.41) is 4.67. The zero-order valence-corrected chi connectivity index (χ0v) is 11.3. The minimum absolute atomic E-state index is 0.361. The van der Waals surface area contributed by atoms with Crippen molar-refractivity contribution in [2.24, 2.45) is 0 Å². The summed E-state index contributed by atoms with van der Waals surface area (Å²) in [4.78, 5) is 5.63. The molecule has 1 heterocycles. The first-order chi connectivity index (χ1) is 8.16. The molecule has 0 saturated heterocycles. The van der Waals surface area contributed by atoms with Crippen LogP contribution in [-0.4, -0.2) is 4.98 Å². The van der Waals surface area contributed by atoms with E-state index in [0.29, 0.717) is 6.04 Å². The van der Waals surface area contributed by atoms with E-state index in [1.165, 1.54) is 16.0 Å². The van der Waals surface area contributed by atoms with Crippen LogP contribution in [0.2, 0.25) is 0 Å². The Morgan fingerprint density at radius 3 is 2.71 bits per heavy atom. The highest BCUT2D eigenvalue weighted by atomic mass is 32.1. The lowest BCUT2D eigenvalue weighted by atomic mass is 10.0. The Kier molecular flexibility index (Phi) is 3.92. The largest absolute Gasteiger partial charge is 0.304 e. The number of aryl methyl sites for hydroxylation is 2. The van der Waals surface area contributed by atoms with Crippen LogP contribution in [0.15, 0.2) is 30.5 Å². The van der Waals surface area contributed by atoms with Gasteiger partial charge in [0.2, 0.25) is 0 Å². The third-order valence-electron chi connectivity index (χ3n) is 2.88. The number of hydrogen-bond donors (Lipinski definition) is 1. The third kappa shape index (κ3) is 3.14. The van der Waals surface area contributed by atoms with Crippen molar-refractivity contribution < 1.29 is 0 Å². The molecule has 0 bridgehead atoms. The second kappa shape index (κ2) is 5.43. The Morgan fingerprint density at radius 2 is 2.06 bits per heavy atom. The maximum Gasteiger partial charge on any atom is 0.107 e.